The lowest BCUT2D eigenvalue weighted by Crippen LogP contribution is -2.42. The van der Waals surface area contributed by atoms with Crippen molar-refractivity contribution in [2.75, 3.05) is 11.7 Å². The summed E-state index contributed by atoms with van der Waals surface area (Å²) >= 11 is 0. The molecule has 0 aliphatic heterocycles. The Morgan fingerprint density at radius 3 is 2.26 bits per heavy atom. The minimum atomic E-state index is 0.656. The van der Waals surface area contributed by atoms with Crippen molar-refractivity contribution in [3.8, 4) is 0 Å². The highest BCUT2D eigenvalue weighted by atomic mass is 15.9. The van der Waals surface area contributed by atoms with Gasteiger partial charge in [0.05, 0.1) is 6.54 Å². The maximum atomic E-state index is 4.30. The molecule has 3 heterocycles. The zero-order valence-corrected chi connectivity index (χ0v) is 10.1. The van der Waals surface area contributed by atoms with Gasteiger partial charge in [-0.3, -0.25) is 4.98 Å². The molecule has 96 valence electrons. The Bertz CT molecular complexity index is 555. The van der Waals surface area contributed by atoms with E-state index in [1.807, 2.05) is 23.3 Å². The average Bonchev–Trinajstić information content (AvgIpc) is 3.13. The van der Waals surface area contributed by atoms with Crippen LogP contribution in [0.25, 0.3) is 0 Å². The molecule has 3 aromatic rings. The quantitative estimate of drug-likeness (QED) is 0.635. The average molecular weight is 256 g/mol. The summed E-state index contributed by atoms with van der Waals surface area (Å²) in [5.74, 6) is 0. The molecule has 0 N–H and O–H groups in total. The molecule has 0 atom stereocenters. The van der Waals surface area contributed by atoms with Gasteiger partial charge in [0, 0.05) is 18.3 Å². The van der Waals surface area contributed by atoms with Crippen LogP contribution in [0.1, 0.15) is 5.69 Å². The van der Waals surface area contributed by atoms with E-state index in [2.05, 4.69) is 25.1 Å². The third-order valence-electron chi connectivity index (χ3n) is 2.58. The van der Waals surface area contributed by atoms with E-state index < -0.39 is 0 Å². The highest BCUT2D eigenvalue weighted by Crippen LogP contribution is 1.98. The van der Waals surface area contributed by atoms with Crippen molar-refractivity contribution in [3.63, 3.8) is 0 Å². The Balaban J connectivity index is 1.77. The second-order valence-corrected chi connectivity index (χ2v) is 3.80. The maximum Gasteiger partial charge on any atom is 0.139 e. The lowest BCUT2D eigenvalue weighted by atomic mass is 10.3. The molecule has 0 fully saturated rings. The number of rotatable bonds is 5. The van der Waals surface area contributed by atoms with Gasteiger partial charge >= 0.3 is 0 Å². The second-order valence-electron chi connectivity index (χ2n) is 3.80. The molecule has 19 heavy (non-hydrogen) atoms. The monoisotopic (exact) mass is 256 g/mol. The fourth-order valence-corrected chi connectivity index (χ4v) is 1.70. The third-order valence-corrected chi connectivity index (χ3v) is 2.58. The molecule has 0 radical (unpaired) electrons. The number of aromatic nitrogens is 7. The lowest BCUT2D eigenvalue weighted by molar-refractivity contribution is 0.429. The van der Waals surface area contributed by atoms with E-state index in [0.29, 0.717) is 6.54 Å². The van der Waals surface area contributed by atoms with Crippen LogP contribution < -0.4 is 5.12 Å². The molecule has 0 spiro atoms. The first-order chi connectivity index (χ1) is 9.43. The van der Waals surface area contributed by atoms with Crippen molar-refractivity contribution >= 4 is 0 Å². The molecular formula is C11H12N8. The van der Waals surface area contributed by atoms with Gasteiger partial charge in [-0.05, 0) is 12.1 Å². The fourth-order valence-electron chi connectivity index (χ4n) is 1.70. The predicted molar refractivity (Wildman–Crippen MR) is 66.5 cm³/mol. The molecule has 0 unspecified atom stereocenters. The molecule has 8 nitrogen and oxygen atoms in total. The van der Waals surface area contributed by atoms with Crippen molar-refractivity contribution in [2.45, 2.75) is 6.42 Å². The first-order valence-corrected chi connectivity index (χ1v) is 5.81. The van der Waals surface area contributed by atoms with E-state index >= 15 is 0 Å². The molecular weight excluding hydrogens is 244 g/mol. The van der Waals surface area contributed by atoms with Gasteiger partial charge in [-0.1, -0.05) is 6.07 Å². The van der Waals surface area contributed by atoms with Crippen molar-refractivity contribution in [1.29, 1.82) is 0 Å². The van der Waals surface area contributed by atoms with Crippen LogP contribution >= 0.6 is 0 Å². The van der Waals surface area contributed by atoms with E-state index in [-0.39, 0.29) is 0 Å². The Morgan fingerprint density at radius 1 is 1.00 bits per heavy atom. The zero-order chi connectivity index (χ0) is 12.9. The van der Waals surface area contributed by atoms with Crippen molar-refractivity contribution in [3.05, 3.63) is 55.4 Å². The largest absolute Gasteiger partial charge is 0.261 e. The predicted octanol–water partition coefficient (Wildman–Crippen LogP) is -0.0914. The number of hydrogen-bond donors (Lipinski definition) is 0. The van der Waals surface area contributed by atoms with Crippen molar-refractivity contribution in [1.82, 2.24) is 34.7 Å². The first-order valence-electron chi connectivity index (χ1n) is 5.81. The van der Waals surface area contributed by atoms with Gasteiger partial charge in [-0.25, -0.2) is 9.97 Å². The smallest absolute Gasteiger partial charge is 0.139 e. The van der Waals surface area contributed by atoms with Crippen LogP contribution in [0.2, 0.25) is 0 Å². The summed E-state index contributed by atoms with van der Waals surface area (Å²) in [5, 5.41) is 10.0. The highest BCUT2D eigenvalue weighted by Gasteiger charge is 2.09. The van der Waals surface area contributed by atoms with Crippen molar-refractivity contribution < 1.29 is 0 Å². The van der Waals surface area contributed by atoms with Crippen LogP contribution in [0.4, 0.5) is 0 Å². The van der Waals surface area contributed by atoms with E-state index in [9.17, 15) is 0 Å². The molecule has 0 bridgehead atoms. The Hall–Kier alpha value is -2.77. The standard InChI is InChI=1S/C11H12N8/c1-2-5-14-11(3-1)4-6-19(17-9-12-7-15-17)18-10-13-8-16-18/h1-3,5,7-10H,4,6H2. The summed E-state index contributed by atoms with van der Waals surface area (Å²) in [5.41, 5.74) is 1.01. The molecule has 0 aliphatic rings. The molecule has 3 aromatic heterocycles. The topological polar surface area (TPSA) is 77.5 Å². The van der Waals surface area contributed by atoms with E-state index in [1.165, 1.54) is 12.7 Å². The summed E-state index contributed by atoms with van der Waals surface area (Å²) in [7, 11) is 0. The third kappa shape index (κ3) is 2.57. The van der Waals surface area contributed by atoms with Gasteiger partial charge in [0.15, 0.2) is 0 Å². The van der Waals surface area contributed by atoms with Crippen LogP contribution in [0.5, 0.6) is 0 Å². The van der Waals surface area contributed by atoms with Gasteiger partial charge in [0.1, 0.15) is 25.3 Å². The minimum Gasteiger partial charge on any atom is -0.261 e. The van der Waals surface area contributed by atoms with Crippen molar-refractivity contribution in [2.24, 2.45) is 0 Å². The van der Waals surface area contributed by atoms with E-state index in [4.69, 9.17) is 0 Å². The molecule has 0 aromatic carbocycles. The molecule has 0 amide bonds. The van der Waals surface area contributed by atoms with Gasteiger partial charge in [0.25, 0.3) is 0 Å². The first kappa shape index (κ1) is 11.3. The Kier molecular flexibility index (Phi) is 3.13. The molecule has 3 rings (SSSR count). The van der Waals surface area contributed by atoms with E-state index in [0.717, 1.165) is 12.1 Å². The molecule has 0 saturated heterocycles. The Labute approximate surface area is 109 Å². The molecule has 0 aliphatic carbocycles. The molecule has 0 saturated carbocycles. The highest BCUT2D eigenvalue weighted by molar-refractivity contribution is 5.04. The second kappa shape index (κ2) is 5.25. The Morgan fingerprint density at radius 2 is 1.74 bits per heavy atom. The van der Waals surface area contributed by atoms with Gasteiger partial charge in [-0.15, -0.1) is 19.8 Å². The lowest BCUT2D eigenvalue weighted by Gasteiger charge is -2.22. The minimum absolute atomic E-state index is 0.656. The maximum absolute atomic E-state index is 4.30. The summed E-state index contributed by atoms with van der Waals surface area (Å²) in [4.78, 5) is 15.4. The summed E-state index contributed by atoms with van der Waals surface area (Å²) in [6.45, 7) is 0.656. The number of hydrogen-bond acceptors (Lipinski definition) is 6. The van der Waals surface area contributed by atoms with Gasteiger partial charge in [-0.2, -0.15) is 5.12 Å². The fraction of sp³-hybridized carbons (Fsp3) is 0.182. The van der Waals surface area contributed by atoms with Gasteiger partial charge in [0.2, 0.25) is 0 Å². The summed E-state index contributed by atoms with van der Waals surface area (Å²) in [6, 6.07) is 5.86. The summed E-state index contributed by atoms with van der Waals surface area (Å²) < 4.78 is 0. The van der Waals surface area contributed by atoms with Crippen LogP contribution in [0.15, 0.2) is 49.7 Å². The van der Waals surface area contributed by atoms with Gasteiger partial charge < -0.3 is 0 Å². The molecule has 8 heteroatoms. The number of pyridine rings is 1. The zero-order valence-electron chi connectivity index (χ0n) is 10.1. The van der Waals surface area contributed by atoms with Crippen LogP contribution in [0.3, 0.4) is 0 Å². The SMILES string of the molecule is c1ccc(CCN(n2cncn2)n2cncn2)nc1. The van der Waals surface area contributed by atoms with E-state index in [1.54, 1.807) is 28.4 Å². The summed E-state index contributed by atoms with van der Waals surface area (Å²) in [6.07, 6.45) is 8.72. The normalized spacial score (nSPS) is 10.5. The number of nitrogens with zero attached hydrogens (tertiary/aromatic N) is 8. The van der Waals surface area contributed by atoms with Crippen LogP contribution in [-0.2, 0) is 6.42 Å². The van der Waals surface area contributed by atoms with Crippen LogP contribution in [0, 0.1) is 0 Å². The van der Waals surface area contributed by atoms with Crippen LogP contribution in [-0.4, -0.2) is 41.3 Å².